The standard InChI is InChI=1S/C9H11NO4/c11-7-3-1-6(2-4-7)5-8(10-14)9(12)13/h1-4,8,11H,5,10H2,(H,12,13). The van der Waals surface area contributed by atoms with Gasteiger partial charge in [-0.15, -0.1) is 0 Å². The summed E-state index contributed by atoms with van der Waals surface area (Å²) in [7, 11) is 0. The normalized spacial score (nSPS) is 12.4. The van der Waals surface area contributed by atoms with Crippen molar-refractivity contribution in [3.8, 4) is 5.75 Å². The fourth-order valence-corrected chi connectivity index (χ4v) is 1.08. The van der Waals surface area contributed by atoms with Crippen molar-refractivity contribution in [1.82, 2.24) is 0 Å². The molecule has 5 heteroatoms. The van der Waals surface area contributed by atoms with E-state index < -0.39 is 12.0 Å². The molecule has 0 heterocycles. The third kappa shape index (κ3) is 2.72. The highest BCUT2D eigenvalue weighted by Crippen LogP contribution is 2.10. The Morgan fingerprint density at radius 2 is 2.00 bits per heavy atom. The molecule has 4 N–H and O–H groups in total. The molecule has 0 saturated heterocycles. The Hall–Kier alpha value is -1.59. The molecule has 0 aliphatic carbocycles. The maximum Gasteiger partial charge on any atom is 0.363 e. The summed E-state index contributed by atoms with van der Waals surface area (Å²) in [4.78, 5) is 10.5. The first-order valence-corrected chi connectivity index (χ1v) is 4.09. The Morgan fingerprint density at radius 3 is 2.43 bits per heavy atom. The van der Waals surface area contributed by atoms with Gasteiger partial charge in [-0.1, -0.05) is 12.1 Å². The first kappa shape index (κ1) is 10.5. The van der Waals surface area contributed by atoms with E-state index in [9.17, 15) is 10.0 Å². The number of aliphatic carboxylic acids is 1. The molecule has 0 bridgehead atoms. The van der Waals surface area contributed by atoms with Crippen molar-refractivity contribution >= 4 is 5.97 Å². The molecule has 76 valence electrons. The van der Waals surface area contributed by atoms with Gasteiger partial charge < -0.3 is 20.9 Å². The average Bonchev–Trinajstić information content (AvgIpc) is 2.16. The third-order valence-corrected chi connectivity index (χ3v) is 1.87. The monoisotopic (exact) mass is 197 g/mol. The van der Waals surface area contributed by atoms with Crippen LogP contribution in [0.1, 0.15) is 5.56 Å². The lowest BCUT2D eigenvalue weighted by atomic mass is 10.1. The molecule has 0 amide bonds. The number of phenols is 1. The molecule has 14 heavy (non-hydrogen) atoms. The SMILES string of the molecule is O=C(O)C(Cc1ccc(O)cc1)[NH2+][O-]. The van der Waals surface area contributed by atoms with Crippen LogP contribution in [-0.4, -0.2) is 22.2 Å². The first-order chi connectivity index (χ1) is 6.63. The minimum atomic E-state index is -1.13. The van der Waals surface area contributed by atoms with Gasteiger partial charge in [-0.05, 0) is 17.7 Å². The Bertz CT molecular complexity index is 309. The smallest absolute Gasteiger partial charge is 0.363 e. The molecule has 0 fully saturated rings. The Morgan fingerprint density at radius 1 is 1.43 bits per heavy atom. The number of benzene rings is 1. The van der Waals surface area contributed by atoms with Gasteiger partial charge in [-0.25, -0.2) is 4.79 Å². The highest BCUT2D eigenvalue weighted by atomic mass is 16.5. The number of quaternary nitrogens is 1. The van der Waals surface area contributed by atoms with Crippen molar-refractivity contribution in [2.45, 2.75) is 12.5 Å². The molecule has 1 unspecified atom stereocenters. The first-order valence-electron chi connectivity index (χ1n) is 4.09. The molecule has 0 saturated carbocycles. The lowest BCUT2D eigenvalue weighted by Gasteiger charge is -2.12. The number of carbonyl (C=O) groups is 1. The summed E-state index contributed by atoms with van der Waals surface area (Å²) in [5.41, 5.74) is 1.12. The zero-order valence-electron chi connectivity index (χ0n) is 7.38. The number of phenolic OH excluding ortho intramolecular Hbond substituents is 1. The van der Waals surface area contributed by atoms with E-state index in [1.54, 1.807) is 12.1 Å². The van der Waals surface area contributed by atoms with Crippen LogP contribution in [0.25, 0.3) is 0 Å². The highest BCUT2D eigenvalue weighted by molar-refractivity contribution is 5.72. The zero-order valence-corrected chi connectivity index (χ0v) is 7.38. The molecule has 0 radical (unpaired) electrons. The van der Waals surface area contributed by atoms with Crippen molar-refractivity contribution in [1.29, 1.82) is 0 Å². The average molecular weight is 197 g/mol. The molecule has 1 atom stereocenters. The number of hydroxylamine groups is 1. The van der Waals surface area contributed by atoms with Crippen LogP contribution in [0.4, 0.5) is 0 Å². The number of hydrogen-bond donors (Lipinski definition) is 3. The number of carboxylic acids is 1. The van der Waals surface area contributed by atoms with Crippen LogP contribution in [0.15, 0.2) is 24.3 Å². The number of carboxylic acid groups (broad SMARTS) is 1. The third-order valence-electron chi connectivity index (χ3n) is 1.87. The lowest BCUT2D eigenvalue weighted by Crippen LogP contribution is -2.87. The van der Waals surface area contributed by atoms with E-state index in [4.69, 9.17) is 10.2 Å². The second-order valence-electron chi connectivity index (χ2n) is 2.95. The van der Waals surface area contributed by atoms with Gasteiger partial charge in [0.2, 0.25) is 0 Å². The summed E-state index contributed by atoms with van der Waals surface area (Å²) in [5.74, 6) is -1.01. The van der Waals surface area contributed by atoms with E-state index in [1.807, 2.05) is 0 Å². The van der Waals surface area contributed by atoms with E-state index in [0.717, 1.165) is 0 Å². The fraction of sp³-hybridized carbons (Fsp3) is 0.222. The van der Waals surface area contributed by atoms with E-state index in [0.29, 0.717) is 11.0 Å². The molecule has 0 aromatic heterocycles. The summed E-state index contributed by atoms with van der Waals surface area (Å²) < 4.78 is 0. The quantitative estimate of drug-likeness (QED) is 0.564. The summed E-state index contributed by atoms with van der Waals surface area (Å²) in [6.45, 7) is 0. The van der Waals surface area contributed by atoms with Gasteiger partial charge in [-0.3, -0.25) is 0 Å². The minimum Gasteiger partial charge on any atom is -0.635 e. The van der Waals surface area contributed by atoms with Crippen molar-refractivity contribution in [3.05, 3.63) is 35.0 Å². The van der Waals surface area contributed by atoms with Gasteiger partial charge in [-0.2, -0.15) is 0 Å². The lowest BCUT2D eigenvalue weighted by molar-refractivity contribution is -0.614. The molecule has 0 aliphatic heterocycles. The molecular weight excluding hydrogens is 186 g/mol. The molecule has 1 aromatic rings. The predicted octanol–water partition coefficient (Wildman–Crippen LogP) is -0.551. The van der Waals surface area contributed by atoms with E-state index in [2.05, 4.69) is 0 Å². The van der Waals surface area contributed by atoms with Gasteiger partial charge in [0.05, 0.1) is 0 Å². The van der Waals surface area contributed by atoms with Crippen molar-refractivity contribution in [2.75, 3.05) is 0 Å². The number of aromatic hydroxyl groups is 1. The summed E-state index contributed by atoms with van der Waals surface area (Å²) >= 11 is 0. The molecule has 5 nitrogen and oxygen atoms in total. The number of nitrogens with two attached hydrogens (primary N) is 1. The fourth-order valence-electron chi connectivity index (χ4n) is 1.08. The highest BCUT2D eigenvalue weighted by Gasteiger charge is 2.17. The summed E-state index contributed by atoms with van der Waals surface area (Å²) in [5, 5.41) is 28.0. The van der Waals surface area contributed by atoms with Crippen LogP contribution < -0.4 is 5.48 Å². The van der Waals surface area contributed by atoms with Gasteiger partial charge in [0.1, 0.15) is 5.75 Å². The van der Waals surface area contributed by atoms with Gasteiger partial charge in [0.25, 0.3) is 0 Å². The molecule has 0 spiro atoms. The molecular formula is C9H11NO4. The molecule has 1 aromatic carbocycles. The maximum absolute atomic E-state index is 10.5. The van der Waals surface area contributed by atoms with Gasteiger partial charge >= 0.3 is 5.97 Å². The largest absolute Gasteiger partial charge is 0.635 e. The van der Waals surface area contributed by atoms with Crippen LogP contribution in [0.2, 0.25) is 0 Å². The Kier molecular flexibility index (Phi) is 3.44. The molecule has 1 rings (SSSR count). The Balaban J connectivity index is 2.67. The van der Waals surface area contributed by atoms with E-state index in [-0.39, 0.29) is 12.2 Å². The van der Waals surface area contributed by atoms with Crippen molar-refractivity contribution in [3.63, 3.8) is 0 Å². The summed E-state index contributed by atoms with van der Waals surface area (Å²) in [6.07, 6.45) is 0.152. The second-order valence-corrected chi connectivity index (χ2v) is 2.95. The van der Waals surface area contributed by atoms with Crippen LogP contribution in [0.5, 0.6) is 5.75 Å². The van der Waals surface area contributed by atoms with Crippen LogP contribution in [-0.2, 0) is 11.2 Å². The second kappa shape index (κ2) is 4.59. The van der Waals surface area contributed by atoms with Crippen molar-refractivity contribution in [2.24, 2.45) is 0 Å². The van der Waals surface area contributed by atoms with Gasteiger partial charge in [0.15, 0.2) is 6.04 Å². The van der Waals surface area contributed by atoms with Crippen LogP contribution in [0, 0.1) is 5.21 Å². The Labute approximate surface area is 80.6 Å². The number of rotatable bonds is 4. The van der Waals surface area contributed by atoms with E-state index >= 15 is 0 Å². The summed E-state index contributed by atoms with van der Waals surface area (Å²) in [6, 6.07) is 5.08. The predicted molar refractivity (Wildman–Crippen MR) is 48.5 cm³/mol. The zero-order chi connectivity index (χ0) is 10.6. The van der Waals surface area contributed by atoms with Crippen LogP contribution >= 0.6 is 0 Å². The minimum absolute atomic E-state index is 0.117. The number of hydrogen-bond acceptors (Lipinski definition) is 3. The van der Waals surface area contributed by atoms with E-state index in [1.165, 1.54) is 12.1 Å². The topological polar surface area (TPSA) is 97.2 Å². The van der Waals surface area contributed by atoms with Crippen molar-refractivity contribution < 1.29 is 20.5 Å². The van der Waals surface area contributed by atoms with Gasteiger partial charge in [0, 0.05) is 6.42 Å². The van der Waals surface area contributed by atoms with Crippen LogP contribution in [0.3, 0.4) is 0 Å². The molecule has 0 aliphatic rings. The maximum atomic E-state index is 10.5.